The molecule has 2 aliphatic carbocycles. The van der Waals surface area contributed by atoms with Gasteiger partial charge < -0.3 is 10.1 Å². The summed E-state index contributed by atoms with van der Waals surface area (Å²) in [5.41, 5.74) is 4.14. The molecule has 31 heavy (non-hydrogen) atoms. The van der Waals surface area contributed by atoms with E-state index in [9.17, 15) is 9.59 Å². The average Bonchev–Trinajstić information content (AvgIpc) is 2.78. The molecule has 0 radical (unpaired) electrons. The van der Waals surface area contributed by atoms with Crippen LogP contribution in [0.15, 0.2) is 65.0 Å². The predicted molar refractivity (Wildman–Crippen MR) is 121 cm³/mol. The van der Waals surface area contributed by atoms with Gasteiger partial charge in [-0.1, -0.05) is 48.9 Å². The number of ether oxygens (including phenoxy) is 1. The third-order valence-corrected chi connectivity index (χ3v) is 6.96. The normalized spacial score (nSPS) is 22.4. The SMILES string of the molecule is CC1=C(C(=O)OC2CCCCC2)[C@H](c2cccc3ccccc23)C2=C(CCCC2=O)N1. The van der Waals surface area contributed by atoms with E-state index in [1.807, 2.05) is 25.1 Å². The number of fused-ring (bicyclic) bond motifs is 1. The number of hydrogen-bond donors (Lipinski definition) is 1. The van der Waals surface area contributed by atoms with E-state index in [4.69, 9.17) is 4.74 Å². The highest BCUT2D eigenvalue weighted by Gasteiger charge is 2.40. The van der Waals surface area contributed by atoms with Crippen LogP contribution >= 0.6 is 0 Å². The van der Waals surface area contributed by atoms with Crippen molar-refractivity contribution < 1.29 is 14.3 Å². The number of allylic oxidation sites excluding steroid dienone is 3. The molecule has 0 aromatic heterocycles. The Bertz CT molecular complexity index is 1100. The summed E-state index contributed by atoms with van der Waals surface area (Å²) < 4.78 is 6.01. The zero-order valence-corrected chi connectivity index (χ0v) is 18.1. The van der Waals surface area contributed by atoms with E-state index in [1.165, 1.54) is 6.42 Å². The van der Waals surface area contributed by atoms with Crippen molar-refractivity contribution in [2.24, 2.45) is 0 Å². The Morgan fingerprint density at radius 2 is 1.74 bits per heavy atom. The highest BCUT2D eigenvalue weighted by atomic mass is 16.5. The first-order valence-corrected chi connectivity index (χ1v) is 11.6. The number of ketones is 1. The van der Waals surface area contributed by atoms with Gasteiger partial charge in [0.15, 0.2) is 5.78 Å². The van der Waals surface area contributed by atoms with Crippen molar-refractivity contribution in [3.8, 4) is 0 Å². The summed E-state index contributed by atoms with van der Waals surface area (Å²) in [6.45, 7) is 1.94. The van der Waals surface area contributed by atoms with E-state index < -0.39 is 0 Å². The molecule has 0 bridgehead atoms. The van der Waals surface area contributed by atoms with Crippen LogP contribution in [0.25, 0.3) is 10.8 Å². The molecule has 0 unspecified atom stereocenters. The fraction of sp³-hybridized carbons (Fsp3) is 0.407. The molecular formula is C27H29NO3. The van der Waals surface area contributed by atoms with Gasteiger partial charge in [-0.25, -0.2) is 4.79 Å². The summed E-state index contributed by atoms with van der Waals surface area (Å²) in [7, 11) is 0. The van der Waals surface area contributed by atoms with Crippen LogP contribution in [0, 0.1) is 0 Å². The van der Waals surface area contributed by atoms with Crippen LogP contribution in [0.1, 0.15) is 69.8 Å². The molecule has 2 aromatic carbocycles. The summed E-state index contributed by atoms with van der Waals surface area (Å²) in [5, 5.41) is 5.60. The maximum atomic E-state index is 13.5. The number of carbonyl (C=O) groups is 2. The zero-order chi connectivity index (χ0) is 21.4. The van der Waals surface area contributed by atoms with Crippen LogP contribution in [-0.4, -0.2) is 17.9 Å². The van der Waals surface area contributed by atoms with E-state index in [1.54, 1.807) is 0 Å². The summed E-state index contributed by atoms with van der Waals surface area (Å²) in [6.07, 6.45) is 7.48. The van der Waals surface area contributed by atoms with Gasteiger partial charge in [0.05, 0.1) is 5.57 Å². The number of rotatable bonds is 3. The van der Waals surface area contributed by atoms with Gasteiger partial charge in [-0.3, -0.25) is 4.79 Å². The van der Waals surface area contributed by atoms with E-state index in [0.29, 0.717) is 12.0 Å². The molecule has 1 saturated carbocycles. The van der Waals surface area contributed by atoms with E-state index in [2.05, 4.69) is 29.6 Å². The molecule has 3 aliphatic rings. The van der Waals surface area contributed by atoms with Gasteiger partial charge in [-0.15, -0.1) is 0 Å². The lowest BCUT2D eigenvalue weighted by Gasteiger charge is -2.35. The number of Topliss-reactive ketones (excluding diaryl/α,β-unsaturated/α-hetero) is 1. The van der Waals surface area contributed by atoms with Crippen molar-refractivity contribution in [1.29, 1.82) is 0 Å². The molecule has 0 saturated heterocycles. The Labute approximate surface area is 183 Å². The molecule has 5 rings (SSSR count). The van der Waals surface area contributed by atoms with Crippen molar-refractivity contribution in [2.45, 2.75) is 70.3 Å². The number of hydrogen-bond acceptors (Lipinski definition) is 4. The Kier molecular flexibility index (Phi) is 5.39. The van der Waals surface area contributed by atoms with Gasteiger partial charge in [0.25, 0.3) is 0 Å². The standard InChI is InChI=1S/C27H29NO3/c1-17-24(27(30)31-19-11-3-2-4-12-19)25(26-22(28-17)15-8-16-23(26)29)21-14-7-10-18-9-5-6-13-20(18)21/h5-7,9-10,13-14,19,25,28H,2-4,8,11-12,15-16H2,1H3/t25-/m0/s1. The van der Waals surface area contributed by atoms with Crippen LogP contribution in [0.3, 0.4) is 0 Å². The van der Waals surface area contributed by atoms with Gasteiger partial charge in [0.2, 0.25) is 0 Å². The summed E-state index contributed by atoms with van der Waals surface area (Å²) in [4.78, 5) is 26.7. The Balaban J connectivity index is 1.63. The van der Waals surface area contributed by atoms with Crippen LogP contribution in [-0.2, 0) is 14.3 Å². The first-order chi connectivity index (χ1) is 15.1. The molecule has 1 heterocycles. The molecule has 0 amide bonds. The van der Waals surface area contributed by atoms with E-state index in [-0.39, 0.29) is 23.8 Å². The van der Waals surface area contributed by atoms with Crippen LogP contribution in [0.5, 0.6) is 0 Å². The van der Waals surface area contributed by atoms with E-state index in [0.717, 1.165) is 71.8 Å². The van der Waals surface area contributed by atoms with Crippen molar-refractivity contribution in [3.63, 3.8) is 0 Å². The van der Waals surface area contributed by atoms with Crippen LogP contribution < -0.4 is 5.32 Å². The lowest BCUT2D eigenvalue weighted by Crippen LogP contribution is -2.35. The van der Waals surface area contributed by atoms with Crippen molar-refractivity contribution >= 4 is 22.5 Å². The number of carbonyl (C=O) groups excluding carboxylic acids is 2. The fourth-order valence-corrected chi connectivity index (χ4v) is 5.46. The zero-order valence-electron chi connectivity index (χ0n) is 18.1. The minimum absolute atomic E-state index is 0.0212. The highest BCUT2D eigenvalue weighted by molar-refractivity contribution is 6.05. The number of dihydropyridines is 1. The van der Waals surface area contributed by atoms with Gasteiger partial charge in [-0.2, -0.15) is 0 Å². The molecule has 1 fully saturated rings. The van der Waals surface area contributed by atoms with Gasteiger partial charge in [-0.05, 0) is 61.8 Å². The highest BCUT2D eigenvalue weighted by Crippen LogP contribution is 2.44. The third-order valence-electron chi connectivity index (χ3n) is 6.96. The Hall–Kier alpha value is -2.88. The molecule has 160 valence electrons. The lowest BCUT2D eigenvalue weighted by molar-refractivity contribution is -0.146. The van der Waals surface area contributed by atoms with Gasteiger partial charge in [0.1, 0.15) is 6.10 Å². The molecule has 4 heteroatoms. The van der Waals surface area contributed by atoms with Crippen molar-refractivity contribution in [1.82, 2.24) is 5.32 Å². The topological polar surface area (TPSA) is 55.4 Å². The number of esters is 1. The lowest BCUT2D eigenvalue weighted by atomic mass is 9.74. The van der Waals surface area contributed by atoms with Crippen LogP contribution in [0.2, 0.25) is 0 Å². The molecule has 1 aliphatic heterocycles. The van der Waals surface area contributed by atoms with Crippen molar-refractivity contribution in [2.75, 3.05) is 0 Å². The van der Waals surface area contributed by atoms with Gasteiger partial charge >= 0.3 is 5.97 Å². The Morgan fingerprint density at radius 1 is 0.968 bits per heavy atom. The molecule has 4 nitrogen and oxygen atoms in total. The predicted octanol–water partition coefficient (Wildman–Crippen LogP) is 5.68. The Morgan fingerprint density at radius 3 is 2.58 bits per heavy atom. The largest absolute Gasteiger partial charge is 0.459 e. The average molecular weight is 416 g/mol. The molecule has 1 atom stereocenters. The van der Waals surface area contributed by atoms with E-state index >= 15 is 0 Å². The molecule has 1 N–H and O–H groups in total. The first kappa shape index (κ1) is 20.0. The number of nitrogens with one attached hydrogen (secondary N) is 1. The third kappa shape index (κ3) is 3.69. The number of benzene rings is 2. The van der Waals surface area contributed by atoms with Crippen LogP contribution in [0.4, 0.5) is 0 Å². The molecule has 2 aromatic rings. The molecule has 0 spiro atoms. The minimum atomic E-state index is -0.383. The monoisotopic (exact) mass is 415 g/mol. The molecular weight excluding hydrogens is 386 g/mol. The maximum absolute atomic E-state index is 13.5. The quantitative estimate of drug-likeness (QED) is 0.655. The van der Waals surface area contributed by atoms with Gasteiger partial charge in [0, 0.05) is 29.3 Å². The first-order valence-electron chi connectivity index (χ1n) is 11.6. The smallest absolute Gasteiger partial charge is 0.337 e. The second-order valence-corrected chi connectivity index (χ2v) is 9.00. The summed E-state index contributed by atoms with van der Waals surface area (Å²) in [5.74, 6) is -0.520. The summed E-state index contributed by atoms with van der Waals surface area (Å²) >= 11 is 0. The second kappa shape index (κ2) is 8.33. The fourth-order valence-electron chi connectivity index (χ4n) is 5.46. The maximum Gasteiger partial charge on any atom is 0.337 e. The summed E-state index contributed by atoms with van der Waals surface area (Å²) in [6, 6.07) is 14.4. The minimum Gasteiger partial charge on any atom is -0.459 e. The second-order valence-electron chi connectivity index (χ2n) is 9.00. The van der Waals surface area contributed by atoms with Crippen molar-refractivity contribution in [3.05, 3.63) is 70.6 Å².